The molecular weight excluding hydrogens is 352 g/mol. The fraction of sp³-hybridized carbons (Fsp3) is 0.316. The standard InChI is InChI=1S/C19H20N2O4S/c1-12(17(22)20-21-18(23)13-7-3-2-4-8-13)25-19(24)16-11-14-9-5-6-10-15(14)26-16/h2-4,7-8,11-12H,5-6,9-10H2,1H3,(H,20,22)(H,21,23)/t12-/m1/s1. The van der Waals surface area contributed by atoms with Gasteiger partial charge in [-0.3, -0.25) is 20.4 Å². The van der Waals surface area contributed by atoms with E-state index in [1.54, 1.807) is 30.3 Å². The number of carbonyl (C=O) groups excluding carboxylic acids is 3. The quantitative estimate of drug-likeness (QED) is 0.638. The van der Waals surface area contributed by atoms with Crippen LogP contribution in [0.5, 0.6) is 0 Å². The fourth-order valence-electron chi connectivity index (χ4n) is 2.75. The van der Waals surface area contributed by atoms with Crippen LogP contribution in [0.2, 0.25) is 0 Å². The number of nitrogens with one attached hydrogen (secondary N) is 2. The maximum absolute atomic E-state index is 12.3. The molecule has 0 bridgehead atoms. The van der Waals surface area contributed by atoms with Crippen molar-refractivity contribution in [1.82, 2.24) is 10.9 Å². The number of hydrazine groups is 1. The van der Waals surface area contributed by atoms with E-state index in [4.69, 9.17) is 4.74 Å². The summed E-state index contributed by atoms with van der Waals surface area (Å²) < 4.78 is 5.22. The van der Waals surface area contributed by atoms with Crippen LogP contribution in [0.4, 0.5) is 0 Å². The molecule has 3 rings (SSSR count). The van der Waals surface area contributed by atoms with Crippen LogP contribution in [0.15, 0.2) is 36.4 Å². The number of hydrogen-bond donors (Lipinski definition) is 2. The van der Waals surface area contributed by atoms with Crippen molar-refractivity contribution < 1.29 is 19.1 Å². The lowest BCUT2D eigenvalue weighted by Crippen LogP contribution is -2.46. The summed E-state index contributed by atoms with van der Waals surface area (Å²) in [5.41, 5.74) is 6.21. The molecule has 1 heterocycles. The summed E-state index contributed by atoms with van der Waals surface area (Å²) in [6.07, 6.45) is 3.24. The molecule has 0 radical (unpaired) electrons. The second-order valence-corrected chi connectivity index (χ2v) is 7.26. The Hall–Kier alpha value is -2.67. The van der Waals surface area contributed by atoms with Crippen LogP contribution in [0.1, 0.15) is 50.2 Å². The zero-order valence-electron chi connectivity index (χ0n) is 14.4. The molecule has 6 nitrogen and oxygen atoms in total. The van der Waals surface area contributed by atoms with E-state index < -0.39 is 23.9 Å². The van der Waals surface area contributed by atoms with E-state index in [-0.39, 0.29) is 0 Å². The predicted molar refractivity (Wildman–Crippen MR) is 97.9 cm³/mol. The highest BCUT2D eigenvalue weighted by Gasteiger charge is 2.23. The van der Waals surface area contributed by atoms with Gasteiger partial charge in [0.25, 0.3) is 11.8 Å². The first-order chi connectivity index (χ1) is 12.5. The van der Waals surface area contributed by atoms with Gasteiger partial charge in [0, 0.05) is 10.4 Å². The maximum Gasteiger partial charge on any atom is 0.349 e. The average Bonchev–Trinajstić information content (AvgIpc) is 3.10. The van der Waals surface area contributed by atoms with E-state index in [2.05, 4.69) is 10.9 Å². The van der Waals surface area contributed by atoms with Crippen molar-refractivity contribution in [2.45, 2.75) is 38.7 Å². The Morgan fingerprint density at radius 1 is 1.08 bits per heavy atom. The third-order valence-electron chi connectivity index (χ3n) is 4.19. The van der Waals surface area contributed by atoms with Crippen molar-refractivity contribution in [2.75, 3.05) is 0 Å². The van der Waals surface area contributed by atoms with Crippen molar-refractivity contribution >= 4 is 29.1 Å². The summed E-state index contributed by atoms with van der Waals surface area (Å²) in [6.45, 7) is 1.47. The first kappa shape index (κ1) is 18.1. The summed E-state index contributed by atoms with van der Waals surface area (Å²) in [4.78, 5) is 37.9. The van der Waals surface area contributed by atoms with Crippen LogP contribution in [-0.4, -0.2) is 23.9 Å². The minimum Gasteiger partial charge on any atom is -0.448 e. The molecule has 0 saturated heterocycles. The Morgan fingerprint density at radius 2 is 1.81 bits per heavy atom. The van der Waals surface area contributed by atoms with Crippen LogP contribution in [0.3, 0.4) is 0 Å². The topological polar surface area (TPSA) is 84.5 Å². The first-order valence-corrected chi connectivity index (χ1v) is 9.34. The number of esters is 1. The molecule has 0 fully saturated rings. The Morgan fingerprint density at radius 3 is 2.54 bits per heavy atom. The minimum atomic E-state index is -1.02. The number of aryl methyl sites for hydroxylation is 2. The van der Waals surface area contributed by atoms with Crippen LogP contribution < -0.4 is 10.9 Å². The molecule has 1 aromatic carbocycles. The highest BCUT2D eigenvalue weighted by Crippen LogP contribution is 2.30. The van der Waals surface area contributed by atoms with E-state index in [1.165, 1.54) is 28.7 Å². The van der Waals surface area contributed by atoms with Gasteiger partial charge in [0.15, 0.2) is 6.10 Å². The molecule has 2 aromatic rings. The van der Waals surface area contributed by atoms with Gasteiger partial charge in [-0.25, -0.2) is 4.79 Å². The Balaban J connectivity index is 1.51. The lowest BCUT2D eigenvalue weighted by molar-refractivity contribution is -0.129. The number of carbonyl (C=O) groups is 3. The molecule has 2 amide bonds. The van der Waals surface area contributed by atoms with E-state index in [0.717, 1.165) is 25.7 Å². The molecule has 2 N–H and O–H groups in total. The number of rotatable bonds is 4. The number of hydrogen-bond acceptors (Lipinski definition) is 5. The third kappa shape index (κ3) is 4.29. The van der Waals surface area contributed by atoms with E-state index in [1.807, 2.05) is 6.07 Å². The molecule has 1 atom stereocenters. The second-order valence-electron chi connectivity index (χ2n) is 6.12. The van der Waals surface area contributed by atoms with Gasteiger partial charge in [0.2, 0.25) is 0 Å². The molecule has 0 saturated carbocycles. The molecule has 1 aliphatic carbocycles. The average molecular weight is 372 g/mol. The molecule has 0 aliphatic heterocycles. The van der Waals surface area contributed by atoms with Crippen LogP contribution >= 0.6 is 11.3 Å². The maximum atomic E-state index is 12.3. The lowest BCUT2D eigenvalue weighted by Gasteiger charge is -2.13. The van der Waals surface area contributed by atoms with Gasteiger partial charge in [0.1, 0.15) is 4.88 Å². The number of ether oxygens (including phenoxy) is 1. The van der Waals surface area contributed by atoms with Crippen LogP contribution in [0.25, 0.3) is 0 Å². The molecule has 1 aliphatic rings. The van der Waals surface area contributed by atoms with Crippen LogP contribution in [0, 0.1) is 0 Å². The molecular formula is C19H20N2O4S. The fourth-order valence-corrected chi connectivity index (χ4v) is 3.88. The van der Waals surface area contributed by atoms with Gasteiger partial charge in [0.05, 0.1) is 0 Å². The predicted octanol–water partition coefficient (Wildman–Crippen LogP) is 2.63. The van der Waals surface area contributed by atoms with Crippen LogP contribution in [-0.2, 0) is 22.4 Å². The van der Waals surface area contributed by atoms with Crippen molar-refractivity contribution in [3.8, 4) is 0 Å². The number of benzene rings is 1. The second kappa shape index (κ2) is 8.14. The Kier molecular flexibility index (Phi) is 5.68. The Labute approximate surface area is 155 Å². The SMILES string of the molecule is C[C@@H](OC(=O)c1cc2c(s1)CCCC2)C(=O)NNC(=O)c1ccccc1. The third-order valence-corrected chi connectivity index (χ3v) is 5.40. The summed E-state index contributed by atoms with van der Waals surface area (Å²) in [5.74, 6) is -1.55. The molecule has 0 unspecified atom stereocenters. The first-order valence-electron chi connectivity index (χ1n) is 8.52. The minimum absolute atomic E-state index is 0.418. The molecule has 1 aromatic heterocycles. The lowest BCUT2D eigenvalue weighted by atomic mass is 9.99. The van der Waals surface area contributed by atoms with Crippen molar-refractivity contribution in [1.29, 1.82) is 0 Å². The highest BCUT2D eigenvalue weighted by atomic mass is 32.1. The normalized spacial score (nSPS) is 14.0. The zero-order chi connectivity index (χ0) is 18.5. The van der Waals surface area contributed by atoms with E-state index in [9.17, 15) is 14.4 Å². The van der Waals surface area contributed by atoms with Crippen molar-refractivity contribution in [3.63, 3.8) is 0 Å². The van der Waals surface area contributed by atoms with E-state index in [0.29, 0.717) is 10.4 Å². The molecule has 0 spiro atoms. The van der Waals surface area contributed by atoms with E-state index >= 15 is 0 Å². The Bertz CT molecular complexity index is 793. The summed E-state index contributed by atoms with van der Waals surface area (Å²) in [5, 5.41) is 0. The molecule has 136 valence electrons. The highest BCUT2D eigenvalue weighted by molar-refractivity contribution is 7.14. The van der Waals surface area contributed by atoms with Gasteiger partial charge in [-0.05, 0) is 56.4 Å². The van der Waals surface area contributed by atoms with Crippen molar-refractivity contribution in [3.05, 3.63) is 57.3 Å². The number of thiophene rings is 1. The largest absolute Gasteiger partial charge is 0.448 e. The summed E-state index contributed by atoms with van der Waals surface area (Å²) in [6, 6.07) is 10.4. The monoisotopic (exact) mass is 372 g/mol. The number of amides is 2. The smallest absolute Gasteiger partial charge is 0.349 e. The molecule has 7 heteroatoms. The van der Waals surface area contributed by atoms with Gasteiger partial charge in [-0.15, -0.1) is 11.3 Å². The van der Waals surface area contributed by atoms with Gasteiger partial charge in [-0.1, -0.05) is 18.2 Å². The molecule has 26 heavy (non-hydrogen) atoms. The summed E-state index contributed by atoms with van der Waals surface area (Å²) >= 11 is 1.44. The van der Waals surface area contributed by atoms with Gasteiger partial charge in [-0.2, -0.15) is 0 Å². The summed E-state index contributed by atoms with van der Waals surface area (Å²) in [7, 11) is 0. The number of fused-ring (bicyclic) bond motifs is 1. The zero-order valence-corrected chi connectivity index (χ0v) is 15.2. The van der Waals surface area contributed by atoms with Gasteiger partial charge < -0.3 is 4.74 Å². The van der Waals surface area contributed by atoms with Crippen molar-refractivity contribution in [2.24, 2.45) is 0 Å². The van der Waals surface area contributed by atoms with Gasteiger partial charge >= 0.3 is 5.97 Å².